The van der Waals surface area contributed by atoms with Crippen molar-refractivity contribution in [1.82, 2.24) is 3.97 Å². The number of ether oxygens (including phenoxy) is 1. The highest BCUT2D eigenvalue weighted by molar-refractivity contribution is 7.90. The number of aromatic nitrogens is 1. The van der Waals surface area contributed by atoms with Crippen molar-refractivity contribution in [2.24, 2.45) is 0 Å². The Labute approximate surface area is 194 Å². The van der Waals surface area contributed by atoms with Crippen LogP contribution in [-0.4, -0.2) is 30.6 Å². The highest BCUT2D eigenvalue weighted by Gasteiger charge is 2.23. The Hall–Kier alpha value is -3.36. The van der Waals surface area contributed by atoms with Crippen molar-refractivity contribution in [3.8, 4) is 16.9 Å². The molecule has 3 aromatic carbocycles. The number of fused-ring (bicyclic) bond motifs is 1. The van der Waals surface area contributed by atoms with Gasteiger partial charge in [0.05, 0.1) is 22.5 Å². The van der Waals surface area contributed by atoms with E-state index in [0.717, 1.165) is 3.97 Å². The van der Waals surface area contributed by atoms with Gasteiger partial charge in [0.2, 0.25) is 0 Å². The van der Waals surface area contributed by atoms with Crippen LogP contribution in [0.3, 0.4) is 0 Å². The van der Waals surface area contributed by atoms with Gasteiger partial charge in [-0.2, -0.15) is 0 Å². The molecule has 33 heavy (non-hydrogen) atoms. The first-order valence-corrected chi connectivity index (χ1v) is 11.7. The molecule has 0 radical (unpaired) electrons. The van der Waals surface area contributed by atoms with Gasteiger partial charge < -0.3 is 9.84 Å². The van der Waals surface area contributed by atoms with E-state index in [4.69, 9.17) is 21.4 Å². The lowest BCUT2D eigenvalue weighted by molar-refractivity contribution is -0.136. The molecule has 0 atom stereocenters. The molecule has 0 amide bonds. The van der Waals surface area contributed by atoms with Gasteiger partial charge in [0, 0.05) is 23.6 Å². The Morgan fingerprint density at radius 3 is 2.61 bits per heavy atom. The van der Waals surface area contributed by atoms with Crippen LogP contribution in [0.15, 0.2) is 71.8 Å². The second kappa shape index (κ2) is 8.88. The van der Waals surface area contributed by atoms with E-state index in [0.29, 0.717) is 33.3 Å². The van der Waals surface area contributed by atoms with Crippen molar-refractivity contribution < 1.29 is 27.4 Å². The zero-order valence-electron chi connectivity index (χ0n) is 17.5. The molecule has 0 aliphatic rings. The predicted octanol–water partition coefficient (Wildman–Crippen LogP) is 5.36. The summed E-state index contributed by atoms with van der Waals surface area (Å²) in [6.07, 6.45) is 1.46. The molecular weight excluding hydrogens is 469 g/mol. The summed E-state index contributed by atoms with van der Waals surface area (Å²) >= 11 is 6.16. The fraction of sp³-hybridized carbons (Fsp3) is 0.125. The summed E-state index contributed by atoms with van der Waals surface area (Å²) < 4.78 is 47.0. The number of hydrogen-bond donors (Lipinski definition) is 1. The Morgan fingerprint density at radius 2 is 1.91 bits per heavy atom. The molecule has 4 rings (SSSR count). The standard InChI is InChI=1S/C24H19ClFNO5S/c1-32-18-7-9-23-21(13-18)16(5-10-24(28)29)14-27(23)33(30,31)19-4-2-3-15(11-19)20-8-6-17(26)12-22(20)25/h2-4,6-9,11-14H,5,10H2,1H3,(H,28,29). The Balaban J connectivity index is 1.85. The fourth-order valence-electron chi connectivity index (χ4n) is 3.67. The molecule has 6 nitrogen and oxygen atoms in total. The predicted molar refractivity (Wildman–Crippen MR) is 124 cm³/mol. The molecule has 0 bridgehead atoms. The molecule has 0 saturated carbocycles. The van der Waals surface area contributed by atoms with Gasteiger partial charge in [0.15, 0.2) is 0 Å². The Morgan fingerprint density at radius 1 is 1.12 bits per heavy atom. The molecule has 0 aliphatic heterocycles. The normalized spacial score (nSPS) is 11.6. The van der Waals surface area contributed by atoms with Crippen LogP contribution in [0.2, 0.25) is 5.02 Å². The number of halogens is 2. The van der Waals surface area contributed by atoms with Gasteiger partial charge in [0.1, 0.15) is 11.6 Å². The molecule has 1 N–H and O–H groups in total. The third kappa shape index (κ3) is 4.44. The first kappa shape index (κ1) is 22.8. The monoisotopic (exact) mass is 487 g/mol. The van der Waals surface area contributed by atoms with Crippen LogP contribution < -0.4 is 4.74 Å². The van der Waals surface area contributed by atoms with Crippen molar-refractivity contribution >= 4 is 38.5 Å². The molecule has 1 aromatic heterocycles. The van der Waals surface area contributed by atoms with Crippen LogP contribution in [0, 0.1) is 5.82 Å². The Bertz CT molecular complexity index is 1480. The van der Waals surface area contributed by atoms with Gasteiger partial charge in [-0.1, -0.05) is 23.7 Å². The van der Waals surface area contributed by atoms with E-state index in [1.54, 1.807) is 30.3 Å². The summed E-state index contributed by atoms with van der Waals surface area (Å²) in [4.78, 5) is 11.1. The lowest BCUT2D eigenvalue weighted by Crippen LogP contribution is -2.12. The molecule has 0 aliphatic carbocycles. The molecule has 170 valence electrons. The number of methoxy groups -OCH3 is 1. The summed E-state index contributed by atoms with van der Waals surface area (Å²) in [5, 5.41) is 9.85. The quantitative estimate of drug-likeness (QED) is 0.379. The SMILES string of the molecule is COc1ccc2c(c1)c(CCC(=O)O)cn2S(=O)(=O)c1cccc(-c2ccc(F)cc2Cl)c1. The summed E-state index contributed by atoms with van der Waals surface area (Å²) in [6, 6.07) is 15.1. The van der Waals surface area contributed by atoms with E-state index in [-0.39, 0.29) is 22.8 Å². The molecule has 0 fully saturated rings. The van der Waals surface area contributed by atoms with Crippen molar-refractivity contribution in [2.45, 2.75) is 17.7 Å². The average molecular weight is 488 g/mol. The van der Waals surface area contributed by atoms with Crippen molar-refractivity contribution in [3.63, 3.8) is 0 Å². The number of rotatable bonds is 7. The first-order chi connectivity index (χ1) is 15.7. The lowest BCUT2D eigenvalue weighted by Gasteiger charge is -2.11. The number of aryl methyl sites for hydroxylation is 1. The largest absolute Gasteiger partial charge is 0.497 e. The van der Waals surface area contributed by atoms with Gasteiger partial charge in [-0.25, -0.2) is 16.8 Å². The number of hydrogen-bond acceptors (Lipinski definition) is 4. The van der Waals surface area contributed by atoms with Crippen LogP contribution in [0.25, 0.3) is 22.0 Å². The van der Waals surface area contributed by atoms with Gasteiger partial charge in [-0.05, 0) is 66.1 Å². The zero-order valence-corrected chi connectivity index (χ0v) is 19.0. The van der Waals surface area contributed by atoms with Crippen LogP contribution in [0.1, 0.15) is 12.0 Å². The van der Waals surface area contributed by atoms with Gasteiger partial charge in [-0.15, -0.1) is 0 Å². The maximum Gasteiger partial charge on any atom is 0.303 e. The first-order valence-electron chi connectivity index (χ1n) is 9.91. The summed E-state index contributed by atoms with van der Waals surface area (Å²) in [7, 11) is -2.55. The van der Waals surface area contributed by atoms with Crippen LogP contribution in [-0.2, 0) is 21.2 Å². The second-order valence-corrected chi connectivity index (χ2v) is 9.61. The average Bonchev–Trinajstić information content (AvgIpc) is 3.16. The van der Waals surface area contributed by atoms with Crippen LogP contribution in [0.5, 0.6) is 5.75 Å². The number of nitrogens with zero attached hydrogens (tertiary/aromatic N) is 1. The van der Waals surface area contributed by atoms with E-state index < -0.39 is 21.8 Å². The molecule has 1 heterocycles. The summed E-state index contributed by atoms with van der Waals surface area (Å²) in [5.74, 6) is -0.941. The third-order valence-corrected chi connectivity index (χ3v) is 7.28. The number of benzene rings is 3. The highest BCUT2D eigenvalue weighted by Crippen LogP contribution is 2.33. The van der Waals surface area contributed by atoms with Crippen molar-refractivity contribution in [3.05, 3.63) is 83.3 Å². The van der Waals surface area contributed by atoms with Crippen LogP contribution in [0.4, 0.5) is 4.39 Å². The minimum atomic E-state index is -4.04. The maximum atomic E-state index is 13.6. The summed E-state index contributed by atoms with van der Waals surface area (Å²) in [5.41, 5.74) is 2.00. The van der Waals surface area contributed by atoms with E-state index in [1.165, 1.54) is 43.6 Å². The topological polar surface area (TPSA) is 85.6 Å². The number of carboxylic acids is 1. The molecular formula is C24H19ClFNO5S. The third-order valence-electron chi connectivity index (χ3n) is 5.30. The molecule has 9 heteroatoms. The van der Waals surface area contributed by atoms with E-state index >= 15 is 0 Å². The minimum Gasteiger partial charge on any atom is -0.497 e. The smallest absolute Gasteiger partial charge is 0.303 e. The van der Waals surface area contributed by atoms with Gasteiger partial charge in [0.25, 0.3) is 10.0 Å². The van der Waals surface area contributed by atoms with E-state index in [1.807, 2.05) is 0 Å². The summed E-state index contributed by atoms with van der Waals surface area (Å²) in [6.45, 7) is 0. The highest BCUT2D eigenvalue weighted by atomic mass is 35.5. The van der Waals surface area contributed by atoms with E-state index in [9.17, 15) is 17.6 Å². The molecule has 0 spiro atoms. The molecule has 4 aromatic rings. The van der Waals surface area contributed by atoms with Gasteiger partial charge >= 0.3 is 5.97 Å². The fourth-order valence-corrected chi connectivity index (χ4v) is 5.39. The zero-order chi connectivity index (χ0) is 23.8. The lowest BCUT2D eigenvalue weighted by atomic mass is 10.1. The number of carbonyl (C=O) groups is 1. The maximum absolute atomic E-state index is 13.6. The van der Waals surface area contributed by atoms with Crippen molar-refractivity contribution in [2.75, 3.05) is 7.11 Å². The molecule has 0 saturated heterocycles. The van der Waals surface area contributed by atoms with Crippen molar-refractivity contribution in [1.29, 1.82) is 0 Å². The number of aliphatic carboxylic acids is 1. The number of carboxylic acid groups (broad SMARTS) is 1. The van der Waals surface area contributed by atoms with Gasteiger partial charge in [-0.3, -0.25) is 4.79 Å². The minimum absolute atomic E-state index is 0.0119. The second-order valence-electron chi connectivity index (χ2n) is 7.38. The Kier molecular flexibility index (Phi) is 6.14. The molecule has 0 unspecified atom stereocenters. The van der Waals surface area contributed by atoms with E-state index in [2.05, 4.69) is 0 Å². The van der Waals surface area contributed by atoms with Crippen LogP contribution >= 0.6 is 11.6 Å².